The Kier molecular flexibility index (Phi) is 6.86. The second-order valence-electron chi connectivity index (χ2n) is 11.5. The third kappa shape index (κ3) is 4.57. The minimum Gasteiger partial charge on any atom is -0.361 e. The highest BCUT2D eigenvalue weighted by atomic mass is 32.2. The number of aliphatic hydroxyl groups is 1. The normalized spacial score (nSPS) is 29.0. The fourth-order valence-electron chi connectivity index (χ4n) is 6.76. The van der Waals surface area contributed by atoms with Crippen LogP contribution in [0.4, 0.5) is 5.69 Å². The third-order valence-corrected chi connectivity index (χ3v) is 10.4. The molecule has 1 saturated heterocycles. The Labute approximate surface area is 221 Å². The van der Waals surface area contributed by atoms with E-state index in [-0.39, 0.29) is 21.5 Å². The quantitative estimate of drug-likeness (QED) is 0.615. The van der Waals surface area contributed by atoms with Gasteiger partial charge < -0.3 is 10.0 Å². The van der Waals surface area contributed by atoms with Crippen molar-refractivity contribution < 1.29 is 13.5 Å². The molecule has 3 aliphatic rings. The van der Waals surface area contributed by atoms with E-state index in [0.29, 0.717) is 18.2 Å². The molecule has 1 spiro atoms. The number of nitriles is 1. The van der Waals surface area contributed by atoms with Crippen molar-refractivity contribution in [3.63, 3.8) is 0 Å². The van der Waals surface area contributed by atoms with Gasteiger partial charge in [-0.25, -0.2) is 8.42 Å². The van der Waals surface area contributed by atoms with Crippen molar-refractivity contribution in [1.29, 1.82) is 5.26 Å². The van der Waals surface area contributed by atoms with Gasteiger partial charge in [-0.1, -0.05) is 36.8 Å². The fourth-order valence-corrected chi connectivity index (χ4v) is 7.40. The highest BCUT2D eigenvalue weighted by molar-refractivity contribution is 7.90. The van der Waals surface area contributed by atoms with Crippen LogP contribution in [0.2, 0.25) is 0 Å². The number of nitrogens with zero attached hydrogens (tertiary/aromatic N) is 4. The Morgan fingerprint density at radius 2 is 1.76 bits per heavy atom. The molecule has 1 unspecified atom stereocenters. The first-order valence-electron chi connectivity index (χ1n) is 13.3. The summed E-state index contributed by atoms with van der Waals surface area (Å²) in [7, 11) is 0.891. The Hall–Kier alpha value is -2.44. The molecule has 0 amide bonds. The largest absolute Gasteiger partial charge is 0.361 e. The molecule has 2 aromatic carbocycles. The third-order valence-electron chi connectivity index (χ3n) is 9.31. The number of benzene rings is 2. The minimum atomic E-state index is -3.43. The topological polar surface area (TPSA) is 87.9 Å². The van der Waals surface area contributed by atoms with Crippen molar-refractivity contribution in [2.24, 2.45) is 5.92 Å². The van der Waals surface area contributed by atoms with Gasteiger partial charge in [0.15, 0.2) is 16.2 Å². The molecule has 198 valence electrons. The summed E-state index contributed by atoms with van der Waals surface area (Å²) in [6.45, 7) is 1.47. The van der Waals surface area contributed by atoms with Crippen LogP contribution in [0.3, 0.4) is 0 Å². The summed E-state index contributed by atoms with van der Waals surface area (Å²) in [5, 5.41) is 21.6. The number of hydrogen-bond donors (Lipinski definition) is 1. The van der Waals surface area contributed by atoms with Crippen LogP contribution in [-0.2, 0) is 15.4 Å². The summed E-state index contributed by atoms with van der Waals surface area (Å²) < 4.78 is 24.2. The van der Waals surface area contributed by atoms with Gasteiger partial charge in [-0.05, 0) is 82.3 Å². The molecule has 2 aliphatic carbocycles. The van der Waals surface area contributed by atoms with Crippen LogP contribution < -0.4 is 4.90 Å². The first-order valence-corrected chi connectivity index (χ1v) is 15.2. The Bertz CT molecular complexity index is 1280. The van der Waals surface area contributed by atoms with Crippen LogP contribution >= 0.6 is 0 Å². The van der Waals surface area contributed by atoms with Crippen molar-refractivity contribution in [3.8, 4) is 6.07 Å². The van der Waals surface area contributed by atoms with Crippen LogP contribution in [0.5, 0.6) is 0 Å². The fraction of sp³-hybridized carbons (Fsp3) is 0.552. The summed E-state index contributed by atoms with van der Waals surface area (Å²) in [6, 6.07) is 17.6. The van der Waals surface area contributed by atoms with E-state index in [2.05, 4.69) is 60.3 Å². The number of sulfone groups is 1. The minimum absolute atomic E-state index is 0.0536. The molecule has 0 radical (unpaired) electrons. The zero-order valence-corrected chi connectivity index (χ0v) is 22.9. The van der Waals surface area contributed by atoms with Gasteiger partial charge in [0.25, 0.3) is 0 Å². The number of aliphatic hydroxyl groups excluding tert-OH is 1. The second-order valence-corrected chi connectivity index (χ2v) is 13.5. The van der Waals surface area contributed by atoms with E-state index in [9.17, 15) is 18.8 Å². The molecular formula is C29H38N4O3S. The predicted molar refractivity (Wildman–Crippen MR) is 145 cm³/mol. The average molecular weight is 523 g/mol. The van der Waals surface area contributed by atoms with Gasteiger partial charge in [0, 0.05) is 30.4 Å². The van der Waals surface area contributed by atoms with Gasteiger partial charge >= 0.3 is 0 Å². The molecule has 1 aliphatic heterocycles. The summed E-state index contributed by atoms with van der Waals surface area (Å²) in [5.41, 5.74) is 1.96. The zero-order valence-electron chi connectivity index (χ0n) is 22.1. The predicted octanol–water partition coefficient (Wildman–Crippen LogP) is 3.93. The molecule has 3 fully saturated rings. The molecule has 1 N–H and O–H groups in total. The van der Waals surface area contributed by atoms with Crippen molar-refractivity contribution in [3.05, 3.63) is 59.7 Å². The second kappa shape index (κ2) is 9.70. The van der Waals surface area contributed by atoms with Crippen LogP contribution in [0.25, 0.3) is 0 Å². The van der Waals surface area contributed by atoms with Gasteiger partial charge in [0.1, 0.15) is 6.07 Å². The van der Waals surface area contributed by atoms with E-state index in [0.717, 1.165) is 38.5 Å². The summed E-state index contributed by atoms with van der Waals surface area (Å²) in [6.07, 6.45) is 7.75. The highest BCUT2D eigenvalue weighted by Crippen LogP contribution is 2.51. The van der Waals surface area contributed by atoms with E-state index in [1.165, 1.54) is 30.9 Å². The molecule has 0 bridgehead atoms. The molecular weight excluding hydrogens is 484 g/mol. The van der Waals surface area contributed by atoms with E-state index in [1.807, 2.05) is 4.90 Å². The van der Waals surface area contributed by atoms with Crippen molar-refractivity contribution in [2.75, 3.05) is 38.3 Å². The maximum Gasteiger partial charge on any atom is 0.187 e. The van der Waals surface area contributed by atoms with Crippen LogP contribution in [-0.4, -0.2) is 68.7 Å². The Morgan fingerprint density at radius 3 is 2.30 bits per heavy atom. The Balaban J connectivity index is 1.49. The lowest BCUT2D eigenvalue weighted by molar-refractivity contribution is -0.0660. The molecule has 2 saturated carbocycles. The van der Waals surface area contributed by atoms with Gasteiger partial charge in [0.05, 0.1) is 16.1 Å². The maximum atomic E-state index is 12.1. The van der Waals surface area contributed by atoms with Gasteiger partial charge in [-0.3, -0.25) is 9.80 Å². The lowest BCUT2D eigenvalue weighted by atomic mass is 9.68. The molecule has 2 aromatic rings. The van der Waals surface area contributed by atoms with E-state index < -0.39 is 16.2 Å². The molecule has 5 rings (SSSR count). The zero-order chi connectivity index (χ0) is 26.4. The summed E-state index contributed by atoms with van der Waals surface area (Å²) >= 11 is 0. The standard InChI is InChI=1S/C29H38N4O3S/c1-31(2)29(24-10-5-4-6-11-24)16-14-28(15-17-29)21-32(27(34)33(28)20-22-8-7-9-22)26-13-12-25(37(3,35)36)18-23(26)19-30/h4-6,10-13,18,22,27,34H,7-9,14-17,20-21H2,1-3H3. The van der Waals surface area contributed by atoms with E-state index in [1.54, 1.807) is 12.1 Å². The molecule has 0 aromatic heterocycles. The number of hydrogen-bond acceptors (Lipinski definition) is 7. The SMILES string of the molecule is CN(C)C1(c2ccccc2)CCC2(CC1)CN(c1ccc(S(C)(=O)=O)cc1C#N)C(O)N2CC1CCC1. The first kappa shape index (κ1) is 26.2. The lowest BCUT2D eigenvalue weighted by Gasteiger charge is -2.52. The average Bonchev–Trinajstić information content (AvgIpc) is 3.12. The van der Waals surface area contributed by atoms with E-state index >= 15 is 0 Å². The maximum absolute atomic E-state index is 12.1. The van der Waals surface area contributed by atoms with Crippen molar-refractivity contribution in [1.82, 2.24) is 9.80 Å². The summed E-state index contributed by atoms with van der Waals surface area (Å²) in [4.78, 5) is 6.70. The van der Waals surface area contributed by atoms with Gasteiger partial charge in [0.2, 0.25) is 0 Å². The number of rotatable bonds is 6. The van der Waals surface area contributed by atoms with E-state index in [4.69, 9.17) is 0 Å². The first-order chi connectivity index (χ1) is 17.6. The molecule has 7 nitrogen and oxygen atoms in total. The van der Waals surface area contributed by atoms with Gasteiger partial charge in [-0.15, -0.1) is 0 Å². The summed E-state index contributed by atoms with van der Waals surface area (Å²) in [5.74, 6) is 0.587. The highest BCUT2D eigenvalue weighted by Gasteiger charge is 2.55. The molecule has 1 heterocycles. The molecule has 8 heteroatoms. The van der Waals surface area contributed by atoms with Gasteiger partial charge in [-0.2, -0.15) is 5.26 Å². The lowest BCUT2D eigenvalue weighted by Crippen LogP contribution is -2.57. The van der Waals surface area contributed by atoms with Crippen LogP contribution in [0, 0.1) is 17.2 Å². The monoisotopic (exact) mass is 522 g/mol. The smallest absolute Gasteiger partial charge is 0.187 e. The van der Waals surface area contributed by atoms with Crippen LogP contribution in [0.1, 0.15) is 56.1 Å². The number of anilines is 1. The molecule has 37 heavy (non-hydrogen) atoms. The Morgan fingerprint density at radius 1 is 1.08 bits per heavy atom. The van der Waals surface area contributed by atoms with Crippen molar-refractivity contribution in [2.45, 2.75) is 67.3 Å². The molecule has 1 atom stereocenters. The van der Waals surface area contributed by atoms with Crippen LogP contribution in [0.15, 0.2) is 53.4 Å². The van der Waals surface area contributed by atoms with Crippen molar-refractivity contribution >= 4 is 15.5 Å².